The molecule has 1 amide bonds. The number of carbonyl (C=O) groups is 1. The highest BCUT2D eigenvalue weighted by molar-refractivity contribution is 6.30. The van der Waals surface area contributed by atoms with Gasteiger partial charge in [0.1, 0.15) is 0 Å². The summed E-state index contributed by atoms with van der Waals surface area (Å²) >= 11 is 5.77. The zero-order valence-corrected chi connectivity index (χ0v) is 15.0. The number of benzene rings is 1. The van der Waals surface area contributed by atoms with E-state index in [1.54, 1.807) is 0 Å². The SMILES string of the molecule is Cl.NCC(NC(=O)c1cnn(-c2ccc(Cl)cc2)c1C(F)(F)F)C1CC1. The maximum Gasteiger partial charge on any atom is 0.434 e. The summed E-state index contributed by atoms with van der Waals surface area (Å²) in [6, 6.07) is 5.39. The summed E-state index contributed by atoms with van der Waals surface area (Å²) in [4.78, 5) is 12.4. The topological polar surface area (TPSA) is 72.9 Å². The fourth-order valence-corrected chi connectivity index (χ4v) is 2.81. The van der Waals surface area contributed by atoms with E-state index in [1.165, 1.54) is 24.3 Å². The zero-order chi connectivity index (χ0) is 18.2. The number of hydrogen-bond acceptors (Lipinski definition) is 3. The van der Waals surface area contributed by atoms with Gasteiger partial charge in [-0.1, -0.05) is 11.6 Å². The summed E-state index contributed by atoms with van der Waals surface area (Å²) in [5, 5.41) is 6.74. The molecule has 1 aromatic heterocycles. The van der Waals surface area contributed by atoms with Crippen LogP contribution in [0.5, 0.6) is 0 Å². The van der Waals surface area contributed by atoms with Gasteiger partial charge in [0.2, 0.25) is 0 Å². The van der Waals surface area contributed by atoms with Crippen LogP contribution in [-0.4, -0.2) is 28.3 Å². The van der Waals surface area contributed by atoms with E-state index in [9.17, 15) is 18.0 Å². The van der Waals surface area contributed by atoms with Crippen LogP contribution in [0.2, 0.25) is 5.02 Å². The van der Waals surface area contributed by atoms with Crippen molar-refractivity contribution in [2.24, 2.45) is 11.7 Å². The molecule has 3 N–H and O–H groups in total. The highest BCUT2D eigenvalue weighted by Crippen LogP contribution is 2.35. The van der Waals surface area contributed by atoms with Gasteiger partial charge in [0.15, 0.2) is 5.69 Å². The van der Waals surface area contributed by atoms with Crippen molar-refractivity contribution < 1.29 is 18.0 Å². The molecule has 1 heterocycles. The molecule has 1 aliphatic carbocycles. The summed E-state index contributed by atoms with van der Waals surface area (Å²) in [6.45, 7) is 0.184. The lowest BCUT2D eigenvalue weighted by atomic mass is 10.1. The second-order valence-electron chi connectivity index (χ2n) is 5.95. The quantitative estimate of drug-likeness (QED) is 0.795. The maximum atomic E-state index is 13.6. The van der Waals surface area contributed by atoms with Crippen LogP contribution in [0.25, 0.3) is 5.69 Å². The van der Waals surface area contributed by atoms with Gasteiger partial charge in [-0.15, -0.1) is 12.4 Å². The summed E-state index contributed by atoms with van der Waals surface area (Å²) < 4.78 is 41.4. The van der Waals surface area contributed by atoms with Crippen LogP contribution >= 0.6 is 24.0 Å². The van der Waals surface area contributed by atoms with E-state index < -0.39 is 23.3 Å². The van der Waals surface area contributed by atoms with Gasteiger partial charge in [0.25, 0.3) is 5.91 Å². The fraction of sp³-hybridized carbons (Fsp3) is 0.375. The fourth-order valence-electron chi connectivity index (χ4n) is 2.68. The van der Waals surface area contributed by atoms with Crippen LogP contribution in [0.3, 0.4) is 0 Å². The molecule has 1 aromatic carbocycles. The zero-order valence-electron chi connectivity index (χ0n) is 13.5. The lowest BCUT2D eigenvalue weighted by molar-refractivity contribution is -0.143. The van der Waals surface area contributed by atoms with E-state index in [0.717, 1.165) is 19.0 Å². The molecule has 142 valence electrons. The van der Waals surface area contributed by atoms with Crippen LogP contribution < -0.4 is 11.1 Å². The minimum Gasteiger partial charge on any atom is -0.348 e. The van der Waals surface area contributed by atoms with Crippen molar-refractivity contribution in [3.63, 3.8) is 0 Å². The van der Waals surface area contributed by atoms with E-state index >= 15 is 0 Å². The van der Waals surface area contributed by atoms with Gasteiger partial charge in [-0.3, -0.25) is 4.79 Å². The molecular weight excluding hydrogens is 392 g/mol. The number of halogens is 5. The van der Waals surface area contributed by atoms with Crippen molar-refractivity contribution in [2.45, 2.75) is 25.1 Å². The lowest BCUT2D eigenvalue weighted by Crippen LogP contribution is -2.42. The first-order valence-electron chi connectivity index (χ1n) is 7.73. The van der Waals surface area contributed by atoms with E-state index in [2.05, 4.69) is 10.4 Å². The number of amides is 1. The first-order valence-corrected chi connectivity index (χ1v) is 8.11. The molecule has 26 heavy (non-hydrogen) atoms. The Morgan fingerprint density at radius 3 is 2.46 bits per heavy atom. The minimum atomic E-state index is -4.75. The highest BCUT2D eigenvalue weighted by atomic mass is 35.5. The average Bonchev–Trinajstić information content (AvgIpc) is 3.29. The first kappa shape index (κ1) is 20.5. The molecule has 0 spiro atoms. The van der Waals surface area contributed by atoms with Crippen LogP contribution in [0.1, 0.15) is 28.9 Å². The van der Waals surface area contributed by atoms with Crippen molar-refractivity contribution in [1.29, 1.82) is 0 Å². The number of carbonyl (C=O) groups excluding carboxylic acids is 1. The molecule has 1 saturated carbocycles. The summed E-state index contributed by atoms with van der Waals surface area (Å²) in [5.74, 6) is -0.593. The summed E-state index contributed by atoms with van der Waals surface area (Å²) in [6.07, 6.45) is -2.00. The van der Waals surface area contributed by atoms with Crippen molar-refractivity contribution in [3.05, 3.63) is 46.7 Å². The number of nitrogens with zero attached hydrogens (tertiary/aromatic N) is 2. The Hall–Kier alpha value is -1.77. The number of nitrogens with one attached hydrogen (secondary N) is 1. The first-order chi connectivity index (χ1) is 11.8. The predicted molar refractivity (Wildman–Crippen MR) is 93.9 cm³/mol. The van der Waals surface area contributed by atoms with Crippen LogP contribution in [0.15, 0.2) is 30.5 Å². The number of nitrogens with two attached hydrogens (primary N) is 1. The van der Waals surface area contributed by atoms with E-state index in [4.69, 9.17) is 17.3 Å². The molecule has 1 atom stereocenters. The molecule has 1 unspecified atom stereocenters. The van der Waals surface area contributed by atoms with Crippen molar-refractivity contribution >= 4 is 29.9 Å². The summed E-state index contributed by atoms with van der Waals surface area (Å²) in [7, 11) is 0. The second-order valence-corrected chi connectivity index (χ2v) is 6.38. The van der Waals surface area contributed by atoms with E-state index in [1.807, 2.05) is 0 Å². The molecular formula is C16H17Cl2F3N4O. The number of hydrogen-bond donors (Lipinski definition) is 2. The third-order valence-electron chi connectivity index (χ3n) is 4.12. The van der Waals surface area contributed by atoms with Gasteiger partial charge in [0, 0.05) is 17.6 Å². The van der Waals surface area contributed by atoms with Gasteiger partial charge >= 0.3 is 6.18 Å². The normalized spacial score (nSPS) is 15.3. The molecule has 1 aliphatic rings. The summed E-state index contributed by atoms with van der Waals surface area (Å²) in [5.41, 5.74) is 4.11. The van der Waals surface area contributed by atoms with Crippen LogP contribution in [-0.2, 0) is 6.18 Å². The van der Waals surface area contributed by atoms with E-state index in [-0.39, 0.29) is 36.6 Å². The molecule has 2 aromatic rings. The molecule has 5 nitrogen and oxygen atoms in total. The predicted octanol–water partition coefficient (Wildman–Crippen LogP) is 3.43. The molecule has 3 rings (SSSR count). The average molecular weight is 409 g/mol. The second kappa shape index (κ2) is 7.85. The van der Waals surface area contributed by atoms with Gasteiger partial charge in [-0.2, -0.15) is 18.3 Å². The smallest absolute Gasteiger partial charge is 0.348 e. The third-order valence-corrected chi connectivity index (χ3v) is 4.37. The Balaban J connectivity index is 0.00000243. The van der Waals surface area contributed by atoms with Crippen molar-refractivity contribution in [2.75, 3.05) is 6.54 Å². The maximum absolute atomic E-state index is 13.6. The molecule has 10 heteroatoms. The molecule has 0 saturated heterocycles. The monoisotopic (exact) mass is 408 g/mol. The van der Waals surface area contributed by atoms with Crippen LogP contribution in [0.4, 0.5) is 13.2 Å². The third kappa shape index (κ3) is 4.31. The Labute approximate surface area is 159 Å². The van der Waals surface area contributed by atoms with Crippen molar-refractivity contribution in [1.82, 2.24) is 15.1 Å². The number of rotatable bonds is 5. The van der Waals surface area contributed by atoms with Crippen molar-refractivity contribution in [3.8, 4) is 5.69 Å². The Morgan fingerprint density at radius 1 is 1.35 bits per heavy atom. The lowest BCUT2D eigenvalue weighted by Gasteiger charge is -2.17. The minimum absolute atomic E-state index is 0. The molecule has 0 aliphatic heterocycles. The Kier molecular flexibility index (Phi) is 6.21. The number of alkyl halides is 3. The van der Waals surface area contributed by atoms with Gasteiger partial charge in [-0.05, 0) is 43.0 Å². The van der Waals surface area contributed by atoms with Gasteiger partial charge in [0.05, 0.1) is 17.4 Å². The number of aromatic nitrogens is 2. The molecule has 0 radical (unpaired) electrons. The highest BCUT2D eigenvalue weighted by Gasteiger charge is 2.41. The van der Waals surface area contributed by atoms with Gasteiger partial charge in [-0.25, -0.2) is 4.68 Å². The van der Waals surface area contributed by atoms with Crippen LogP contribution in [0, 0.1) is 5.92 Å². The molecule has 1 fully saturated rings. The largest absolute Gasteiger partial charge is 0.434 e. The Bertz CT molecular complexity index is 773. The van der Waals surface area contributed by atoms with E-state index in [0.29, 0.717) is 9.70 Å². The molecule has 0 bridgehead atoms. The standard InChI is InChI=1S/C16H16ClF3N4O.ClH/c17-10-3-5-11(6-4-10)24-14(16(18,19)20)12(8-22-24)15(25)23-13(7-21)9-1-2-9;/h3-6,8-9,13H,1-2,7,21H2,(H,23,25);1H. The van der Waals surface area contributed by atoms with Gasteiger partial charge < -0.3 is 11.1 Å². The Morgan fingerprint density at radius 2 is 1.96 bits per heavy atom.